The molecule has 1 heterocycles. The number of nitrogens with zero attached hydrogens (tertiary/aromatic N) is 3. The van der Waals surface area contributed by atoms with E-state index in [0.29, 0.717) is 11.3 Å². The van der Waals surface area contributed by atoms with Gasteiger partial charge in [0.25, 0.3) is 0 Å². The van der Waals surface area contributed by atoms with Gasteiger partial charge in [0.15, 0.2) is 0 Å². The Morgan fingerprint density at radius 2 is 2.20 bits per heavy atom. The van der Waals surface area contributed by atoms with Crippen molar-refractivity contribution >= 4 is 0 Å². The molecule has 1 N–H and O–H groups in total. The molecule has 104 valence electrons. The summed E-state index contributed by atoms with van der Waals surface area (Å²) >= 11 is 0. The second-order valence-corrected chi connectivity index (χ2v) is 4.66. The highest BCUT2D eigenvalue weighted by atomic mass is 16.5. The topological polar surface area (TPSA) is 62.9 Å². The number of hydrogen-bond donors (Lipinski definition) is 1. The zero-order chi connectivity index (χ0) is 14.5. The Balaban J connectivity index is 1.98. The Bertz CT molecular complexity index is 640. The molecule has 0 saturated carbocycles. The predicted octanol–water partition coefficient (Wildman–Crippen LogP) is 1.90. The molecule has 0 bridgehead atoms. The van der Waals surface area contributed by atoms with E-state index in [2.05, 4.69) is 16.5 Å². The summed E-state index contributed by atoms with van der Waals surface area (Å²) in [7, 11) is 3.49. The van der Waals surface area contributed by atoms with Gasteiger partial charge in [0.1, 0.15) is 11.8 Å². The van der Waals surface area contributed by atoms with Gasteiger partial charge in [-0.3, -0.25) is 4.68 Å². The van der Waals surface area contributed by atoms with Gasteiger partial charge in [0.2, 0.25) is 0 Å². The van der Waals surface area contributed by atoms with E-state index in [1.54, 1.807) is 13.2 Å². The number of hydrogen-bond acceptors (Lipinski definition) is 4. The molecule has 0 aliphatic heterocycles. The number of methoxy groups -OCH3 is 1. The first-order valence-electron chi connectivity index (χ1n) is 6.41. The summed E-state index contributed by atoms with van der Waals surface area (Å²) in [4.78, 5) is 0. The van der Waals surface area contributed by atoms with E-state index in [-0.39, 0.29) is 0 Å². The number of aryl methyl sites for hydroxylation is 2. The summed E-state index contributed by atoms with van der Waals surface area (Å²) in [6.07, 6.45) is 2.02. The molecule has 0 aliphatic rings. The molecule has 0 spiro atoms. The monoisotopic (exact) mass is 270 g/mol. The molecule has 0 fully saturated rings. The van der Waals surface area contributed by atoms with Crippen LogP contribution in [0.2, 0.25) is 0 Å². The van der Waals surface area contributed by atoms with Crippen molar-refractivity contribution in [3.05, 3.63) is 46.8 Å². The van der Waals surface area contributed by atoms with Crippen LogP contribution >= 0.6 is 0 Å². The van der Waals surface area contributed by atoms with Gasteiger partial charge in [-0.15, -0.1) is 0 Å². The van der Waals surface area contributed by atoms with Crippen LogP contribution in [0, 0.1) is 18.3 Å². The van der Waals surface area contributed by atoms with Crippen LogP contribution in [0.4, 0.5) is 0 Å². The third kappa shape index (κ3) is 3.16. The Labute approximate surface area is 118 Å². The molecule has 20 heavy (non-hydrogen) atoms. The first-order valence-corrected chi connectivity index (χ1v) is 6.41. The summed E-state index contributed by atoms with van der Waals surface area (Å²) in [6.45, 7) is 3.49. The summed E-state index contributed by atoms with van der Waals surface area (Å²) < 4.78 is 7.02. The van der Waals surface area contributed by atoms with Gasteiger partial charge in [0.05, 0.1) is 18.4 Å². The summed E-state index contributed by atoms with van der Waals surface area (Å²) in [5.74, 6) is 0.615. The Morgan fingerprint density at radius 3 is 2.80 bits per heavy atom. The molecule has 0 amide bonds. The first kappa shape index (κ1) is 14.1. The smallest absolute Gasteiger partial charge is 0.136 e. The van der Waals surface area contributed by atoms with E-state index in [9.17, 15) is 0 Å². The molecule has 5 nitrogen and oxygen atoms in total. The molecular formula is C15H18N4O. The van der Waals surface area contributed by atoms with Gasteiger partial charge in [-0.05, 0) is 24.6 Å². The van der Waals surface area contributed by atoms with Crippen molar-refractivity contribution in [3.63, 3.8) is 0 Å². The summed E-state index contributed by atoms with van der Waals surface area (Å²) in [6, 6.07) is 7.72. The lowest BCUT2D eigenvalue weighted by Crippen LogP contribution is -2.13. The highest BCUT2D eigenvalue weighted by molar-refractivity contribution is 5.45. The minimum atomic E-state index is 0.555. The minimum absolute atomic E-state index is 0.555. The third-order valence-corrected chi connectivity index (χ3v) is 3.15. The van der Waals surface area contributed by atoms with Crippen LogP contribution in [0.25, 0.3) is 0 Å². The maximum atomic E-state index is 8.94. The quantitative estimate of drug-likeness (QED) is 0.901. The standard InChI is InChI=1S/C15H18N4O/c1-11-14(10-19(2)18-11)9-17-8-12-4-5-13(7-16)15(6-12)20-3/h4-6,10,17H,8-9H2,1-3H3. The van der Waals surface area contributed by atoms with Crippen molar-refractivity contribution in [3.8, 4) is 11.8 Å². The van der Waals surface area contributed by atoms with Gasteiger partial charge < -0.3 is 10.1 Å². The Morgan fingerprint density at radius 1 is 1.40 bits per heavy atom. The fraction of sp³-hybridized carbons (Fsp3) is 0.333. The summed E-state index contributed by atoms with van der Waals surface area (Å²) in [5, 5.41) is 16.6. The number of rotatable bonds is 5. The highest BCUT2D eigenvalue weighted by Gasteiger charge is 2.05. The molecule has 5 heteroatoms. The zero-order valence-corrected chi connectivity index (χ0v) is 12.0. The Hall–Kier alpha value is -2.32. The molecular weight excluding hydrogens is 252 g/mol. The van der Waals surface area contributed by atoms with E-state index in [1.165, 1.54) is 5.56 Å². The number of ether oxygens (including phenoxy) is 1. The van der Waals surface area contributed by atoms with Crippen LogP contribution in [-0.4, -0.2) is 16.9 Å². The molecule has 0 unspecified atom stereocenters. The molecule has 1 aromatic heterocycles. The minimum Gasteiger partial charge on any atom is -0.495 e. The van der Waals surface area contributed by atoms with Crippen LogP contribution in [0.15, 0.2) is 24.4 Å². The fourth-order valence-electron chi connectivity index (χ4n) is 2.10. The molecule has 2 aromatic rings. The molecule has 0 atom stereocenters. The first-order chi connectivity index (χ1) is 9.63. The van der Waals surface area contributed by atoms with E-state index in [0.717, 1.165) is 24.3 Å². The normalized spacial score (nSPS) is 10.3. The number of nitrogens with one attached hydrogen (secondary N) is 1. The van der Waals surface area contributed by atoms with Crippen LogP contribution < -0.4 is 10.1 Å². The van der Waals surface area contributed by atoms with Gasteiger partial charge in [0, 0.05) is 31.9 Å². The average molecular weight is 270 g/mol. The number of benzene rings is 1. The second-order valence-electron chi connectivity index (χ2n) is 4.66. The fourth-order valence-corrected chi connectivity index (χ4v) is 2.10. The van der Waals surface area contributed by atoms with E-state index < -0.39 is 0 Å². The van der Waals surface area contributed by atoms with Crippen molar-refractivity contribution in [1.29, 1.82) is 5.26 Å². The van der Waals surface area contributed by atoms with Crippen molar-refractivity contribution in [2.24, 2.45) is 7.05 Å². The van der Waals surface area contributed by atoms with Gasteiger partial charge >= 0.3 is 0 Å². The van der Waals surface area contributed by atoms with E-state index in [1.807, 2.05) is 37.0 Å². The number of aromatic nitrogens is 2. The van der Waals surface area contributed by atoms with Gasteiger partial charge in [-0.1, -0.05) is 6.07 Å². The predicted molar refractivity (Wildman–Crippen MR) is 76.2 cm³/mol. The molecule has 0 saturated heterocycles. The maximum Gasteiger partial charge on any atom is 0.136 e. The van der Waals surface area contributed by atoms with Crippen molar-refractivity contribution in [2.75, 3.05) is 7.11 Å². The summed E-state index contributed by atoms with van der Waals surface area (Å²) in [5.41, 5.74) is 3.87. The van der Waals surface area contributed by atoms with Crippen molar-refractivity contribution in [2.45, 2.75) is 20.0 Å². The van der Waals surface area contributed by atoms with Crippen LogP contribution in [-0.2, 0) is 20.1 Å². The SMILES string of the molecule is COc1cc(CNCc2cn(C)nc2C)ccc1C#N. The van der Waals surface area contributed by atoms with E-state index in [4.69, 9.17) is 10.00 Å². The lowest BCUT2D eigenvalue weighted by atomic mass is 10.1. The van der Waals surface area contributed by atoms with Crippen LogP contribution in [0.3, 0.4) is 0 Å². The highest BCUT2D eigenvalue weighted by Crippen LogP contribution is 2.19. The Kier molecular flexibility index (Phi) is 4.38. The molecule has 0 aliphatic carbocycles. The molecule has 1 aromatic carbocycles. The second kappa shape index (κ2) is 6.22. The van der Waals surface area contributed by atoms with Crippen molar-refractivity contribution < 1.29 is 4.74 Å². The van der Waals surface area contributed by atoms with Gasteiger partial charge in [-0.25, -0.2) is 0 Å². The molecule has 2 rings (SSSR count). The van der Waals surface area contributed by atoms with Crippen LogP contribution in [0.5, 0.6) is 5.75 Å². The van der Waals surface area contributed by atoms with Crippen molar-refractivity contribution in [1.82, 2.24) is 15.1 Å². The number of nitriles is 1. The lowest BCUT2D eigenvalue weighted by Gasteiger charge is -2.07. The largest absolute Gasteiger partial charge is 0.495 e. The zero-order valence-electron chi connectivity index (χ0n) is 12.0. The third-order valence-electron chi connectivity index (χ3n) is 3.15. The average Bonchev–Trinajstić information content (AvgIpc) is 2.77. The maximum absolute atomic E-state index is 8.94. The van der Waals surface area contributed by atoms with Gasteiger partial charge in [-0.2, -0.15) is 10.4 Å². The van der Waals surface area contributed by atoms with E-state index >= 15 is 0 Å². The molecule has 0 radical (unpaired) electrons. The lowest BCUT2D eigenvalue weighted by molar-refractivity contribution is 0.412. The van der Waals surface area contributed by atoms with Crippen LogP contribution in [0.1, 0.15) is 22.4 Å².